The van der Waals surface area contributed by atoms with E-state index < -0.39 is 0 Å². The SMILES string of the molecule is CC(c1ccccc1Cl)N(C)CCNCCc1ccsc1. The van der Waals surface area contributed by atoms with Gasteiger partial charge in [-0.3, -0.25) is 4.90 Å². The molecule has 114 valence electrons. The maximum atomic E-state index is 6.26. The first-order chi connectivity index (χ1) is 10.2. The highest BCUT2D eigenvalue weighted by Gasteiger charge is 2.13. The van der Waals surface area contributed by atoms with Gasteiger partial charge in [0.2, 0.25) is 0 Å². The lowest BCUT2D eigenvalue weighted by Crippen LogP contribution is -2.32. The van der Waals surface area contributed by atoms with Gasteiger partial charge in [0.1, 0.15) is 0 Å². The second-order valence-corrected chi connectivity index (χ2v) is 6.50. The third-order valence-corrected chi connectivity index (χ3v) is 4.90. The molecule has 0 spiro atoms. The minimum absolute atomic E-state index is 0.331. The van der Waals surface area contributed by atoms with Gasteiger partial charge in [0.25, 0.3) is 0 Å². The maximum Gasteiger partial charge on any atom is 0.0453 e. The van der Waals surface area contributed by atoms with E-state index in [2.05, 4.69) is 47.1 Å². The van der Waals surface area contributed by atoms with Gasteiger partial charge in [0.15, 0.2) is 0 Å². The largest absolute Gasteiger partial charge is 0.315 e. The predicted molar refractivity (Wildman–Crippen MR) is 93.4 cm³/mol. The van der Waals surface area contributed by atoms with Crippen molar-refractivity contribution in [3.63, 3.8) is 0 Å². The minimum atomic E-state index is 0.331. The quantitative estimate of drug-likeness (QED) is 0.732. The Morgan fingerprint density at radius 2 is 2.05 bits per heavy atom. The first-order valence-electron chi connectivity index (χ1n) is 7.35. The standard InChI is InChI=1S/C17H23ClN2S/c1-14(16-5-3-4-6-17(16)18)20(2)11-10-19-9-7-15-8-12-21-13-15/h3-6,8,12-14,19H,7,9-11H2,1-2H3. The van der Waals surface area contributed by atoms with Crippen molar-refractivity contribution in [2.45, 2.75) is 19.4 Å². The van der Waals surface area contributed by atoms with Gasteiger partial charge < -0.3 is 5.32 Å². The average molecular weight is 323 g/mol. The fourth-order valence-corrected chi connectivity index (χ4v) is 3.29. The van der Waals surface area contributed by atoms with E-state index >= 15 is 0 Å². The summed E-state index contributed by atoms with van der Waals surface area (Å²) in [5, 5.41) is 8.70. The summed E-state index contributed by atoms with van der Waals surface area (Å²) in [4.78, 5) is 2.33. The molecule has 0 saturated heterocycles. The van der Waals surface area contributed by atoms with E-state index in [1.165, 1.54) is 11.1 Å². The highest BCUT2D eigenvalue weighted by molar-refractivity contribution is 7.07. The van der Waals surface area contributed by atoms with Crippen LogP contribution in [0.25, 0.3) is 0 Å². The number of thiophene rings is 1. The van der Waals surface area contributed by atoms with Crippen LogP contribution >= 0.6 is 22.9 Å². The number of hydrogen-bond acceptors (Lipinski definition) is 3. The van der Waals surface area contributed by atoms with Crippen LogP contribution in [0.5, 0.6) is 0 Å². The zero-order valence-corrected chi connectivity index (χ0v) is 14.3. The van der Waals surface area contributed by atoms with Gasteiger partial charge in [0, 0.05) is 24.2 Å². The fraction of sp³-hybridized carbons (Fsp3) is 0.412. The molecular weight excluding hydrogens is 300 g/mol. The summed E-state index contributed by atoms with van der Waals surface area (Å²) in [6.07, 6.45) is 1.10. The molecule has 0 aliphatic carbocycles. The Bertz CT molecular complexity index is 527. The molecule has 0 aliphatic rings. The minimum Gasteiger partial charge on any atom is -0.315 e. The van der Waals surface area contributed by atoms with Gasteiger partial charge in [-0.2, -0.15) is 11.3 Å². The molecule has 1 aromatic carbocycles. The Kier molecular flexibility index (Phi) is 6.71. The van der Waals surface area contributed by atoms with Crippen LogP contribution in [0.2, 0.25) is 5.02 Å². The van der Waals surface area contributed by atoms with Gasteiger partial charge in [-0.15, -0.1) is 0 Å². The summed E-state index contributed by atoms with van der Waals surface area (Å²) in [7, 11) is 2.15. The topological polar surface area (TPSA) is 15.3 Å². The Morgan fingerprint density at radius 1 is 1.24 bits per heavy atom. The van der Waals surface area contributed by atoms with Crippen LogP contribution in [-0.4, -0.2) is 31.6 Å². The number of nitrogens with zero attached hydrogens (tertiary/aromatic N) is 1. The molecular formula is C17H23ClN2S. The normalized spacial score (nSPS) is 12.8. The van der Waals surface area contributed by atoms with Gasteiger partial charge >= 0.3 is 0 Å². The molecule has 1 atom stereocenters. The number of benzene rings is 1. The monoisotopic (exact) mass is 322 g/mol. The Balaban J connectivity index is 1.69. The number of likely N-dealkylation sites (N-methyl/N-ethyl adjacent to an activating group) is 1. The summed E-state index contributed by atoms with van der Waals surface area (Å²) in [5.41, 5.74) is 2.62. The summed E-state index contributed by atoms with van der Waals surface area (Å²) in [5.74, 6) is 0. The molecule has 2 nitrogen and oxygen atoms in total. The van der Waals surface area contributed by atoms with Crippen LogP contribution in [0.15, 0.2) is 41.1 Å². The van der Waals surface area contributed by atoms with Gasteiger partial charge in [0.05, 0.1) is 0 Å². The molecule has 1 N–H and O–H groups in total. The molecule has 1 heterocycles. The van der Waals surface area contributed by atoms with E-state index in [4.69, 9.17) is 11.6 Å². The Labute approximate surface area is 136 Å². The lowest BCUT2D eigenvalue weighted by atomic mass is 10.1. The summed E-state index contributed by atoms with van der Waals surface area (Å²) in [6, 6.07) is 10.6. The molecule has 0 aliphatic heterocycles. The van der Waals surface area contributed by atoms with Crippen molar-refractivity contribution in [2.75, 3.05) is 26.7 Å². The van der Waals surface area contributed by atoms with Crippen LogP contribution in [0.4, 0.5) is 0 Å². The Morgan fingerprint density at radius 3 is 2.76 bits per heavy atom. The smallest absolute Gasteiger partial charge is 0.0453 e. The molecule has 0 amide bonds. The molecule has 2 rings (SSSR count). The van der Waals surface area contributed by atoms with E-state index in [9.17, 15) is 0 Å². The number of hydrogen-bond donors (Lipinski definition) is 1. The van der Waals surface area contributed by atoms with Crippen molar-refractivity contribution in [3.8, 4) is 0 Å². The van der Waals surface area contributed by atoms with Crippen molar-refractivity contribution in [3.05, 3.63) is 57.2 Å². The van der Waals surface area contributed by atoms with Crippen molar-refractivity contribution in [2.24, 2.45) is 0 Å². The molecule has 0 saturated carbocycles. The van der Waals surface area contributed by atoms with Crippen LogP contribution in [-0.2, 0) is 6.42 Å². The third kappa shape index (κ3) is 5.11. The zero-order valence-electron chi connectivity index (χ0n) is 12.7. The predicted octanol–water partition coefficient (Wildman–Crippen LogP) is 4.23. The summed E-state index contributed by atoms with van der Waals surface area (Å²) < 4.78 is 0. The van der Waals surface area contributed by atoms with E-state index in [1.807, 2.05) is 18.2 Å². The molecule has 1 aromatic heterocycles. The van der Waals surface area contributed by atoms with Crippen LogP contribution < -0.4 is 5.32 Å². The van der Waals surface area contributed by atoms with Gasteiger partial charge in [-0.25, -0.2) is 0 Å². The second kappa shape index (κ2) is 8.54. The van der Waals surface area contributed by atoms with Crippen molar-refractivity contribution in [1.29, 1.82) is 0 Å². The zero-order chi connectivity index (χ0) is 15.1. The maximum absolute atomic E-state index is 6.26. The molecule has 4 heteroatoms. The third-order valence-electron chi connectivity index (χ3n) is 3.83. The van der Waals surface area contributed by atoms with E-state index in [0.717, 1.165) is 31.1 Å². The molecule has 0 fully saturated rings. The molecule has 1 unspecified atom stereocenters. The number of rotatable bonds is 8. The second-order valence-electron chi connectivity index (χ2n) is 5.31. The summed E-state index contributed by atoms with van der Waals surface area (Å²) in [6.45, 7) is 5.24. The lowest BCUT2D eigenvalue weighted by Gasteiger charge is -2.26. The lowest BCUT2D eigenvalue weighted by molar-refractivity contribution is 0.261. The van der Waals surface area contributed by atoms with Crippen LogP contribution in [0, 0.1) is 0 Å². The fourth-order valence-electron chi connectivity index (χ4n) is 2.29. The van der Waals surface area contributed by atoms with Crippen molar-refractivity contribution in [1.82, 2.24) is 10.2 Å². The number of halogens is 1. The first kappa shape index (κ1) is 16.5. The molecule has 0 radical (unpaired) electrons. The Hall–Kier alpha value is -0.870. The highest BCUT2D eigenvalue weighted by atomic mass is 35.5. The number of nitrogens with one attached hydrogen (secondary N) is 1. The van der Waals surface area contributed by atoms with Crippen molar-refractivity contribution >= 4 is 22.9 Å². The molecule has 2 aromatic rings. The van der Waals surface area contributed by atoms with Gasteiger partial charge in [-0.1, -0.05) is 29.8 Å². The summed E-state index contributed by atoms with van der Waals surface area (Å²) >= 11 is 8.03. The molecule has 21 heavy (non-hydrogen) atoms. The highest BCUT2D eigenvalue weighted by Crippen LogP contribution is 2.25. The van der Waals surface area contributed by atoms with E-state index in [0.29, 0.717) is 6.04 Å². The molecule has 0 bridgehead atoms. The van der Waals surface area contributed by atoms with Crippen LogP contribution in [0.1, 0.15) is 24.1 Å². The van der Waals surface area contributed by atoms with E-state index in [-0.39, 0.29) is 0 Å². The first-order valence-corrected chi connectivity index (χ1v) is 8.67. The van der Waals surface area contributed by atoms with E-state index in [1.54, 1.807) is 11.3 Å². The van der Waals surface area contributed by atoms with Crippen LogP contribution in [0.3, 0.4) is 0 Å². The average Bonchev–Trinajstić information content (AvgIpc) is 3.00. The van der Waals surface area contributed by atoms with Gasteiger partial charge in [-0.05, 0) is 61.0 Å². The van der Waals surface area contributed by atoms with Crippen molar-refractivity contribution < 1.29 is 0 Å².